The van der Waals surface area contributed by atoms with E-state index in [1.807, 2.05) is 38.1 Å². The van der Waals surface area contributed by atoms with Crippen molar-refractivity contribution in [3.05, 3.63) is 35.4 Å². The fourth-order valence-electron chi connectivity index (χ4n) is 1.44. The number of ketones is 1. The molecule has 15 heavy (non-hydrogen) atoms. The summed E-state index contributed by atoms with van der Waals surface area (Å²) >= 11 is 0. The van der Waals surface area contributed by atoms with E-state index in [0.717, 1.165) is 11.1 Å². The molecule has 1 unspecified atom stereocenters. The molecule has 1 atom stereocenters. The second-order valence-electron chi connectivity index (χ2n) is 5.32. The summed E-state index contributed by atoms with van der Waals surface area (Å²) in [7, 11) is 0. The molecule has 0 radical (unpaired) electrons. The average molecular weight is 204 g/mol. The van der Waals surface area contributed by atoms with Crippen LogP contribution in [0.25, 0.3) is 0 Å². The van der Waals surface area contributed by atoms with E-state index >= 15 is 0 Å². The molecule has 0 bridgehead atoms. The van der Waals surface area contributed by atoms with Crippen LogP contribution in [0, 0.1) is 18.3 Å². The van der Waals surface area contributed by atoms with E-state index < -0.39 is 0 Å². The van der Waals surface area contributed by atoms with Crippen molar-refractivity contribution in [2.45, 2.75) is 34.6 Å². The summed E-state index contributed by atoms with van der Waals surface area (Å²) in [5, 5.41) is 0. The predicted molar refractivity (Wildman–Crippen MR) is 64.1 cm³/mol. The Labute approximate surface area is 92.5 Å². The zero-order valence-electron chi connectivity index (χ0n) is 10.3. The largest absolute Gasteiger partial charge is 0.294 e. The minimum Gasteiger partial charge on any atom is -0.294 e. The lowest BCUT2D eigenvalue weighted by Gasteiger charge is -2.26. The maximum absolute atomic E-state index is 12.1. The van der Waals surface area contributed by atoms with Crippen molar-refractivity contribution in [1.29, 1.82) is 0 Å². The summed E-state index contributed by atoms with van der Waals surface area (Å²) < 4.78 is 0. The summed E-state index contributed by atoms with van der Waals surface area (Å²) in [6.45, 7) is 10.3. The van der Waals surface area contributed by atoms with Gasteiger partial charge < -0.3 is 0 Å². The molecule has 1 heteroatoms. The van der Waals surface area contributed by atoms with Crippen LogP contribution in [0.5, 0.6) is 0 Å². The van der Waals surface area contributed by atoms with Crippen molar-refractivity contribution in [1.82, 2.24) is 0 Å². The van der Waals surface area contributed by atoms with Gasteiger partial charge in [-0.1, -0.05) is 51.5 Å². The summed E-state index contributed by atoms with van der Waals surface area (Å²) in [5.41, 5.74) is 2.00. The third kappa shape index (κ3) is 2.92. The van der Waals surface area contributed by atoms with Crippen molar-refractivity contribution in [3.8, 4) is 0 Å². The number of hydrogen-bond acceptors (Lipinski definition) is 1. The highest BCUT2D eigenvalue weighted by atomic mass is 16.1. The van der Waals surface area contributed by atoms with Crippen LogP contribution < -0.4 is 0 Å². The summed E-state index contributed by atoms with van der Waals surface area (Å²) in [5.74, 6) is 0.297. The van der Waals surface area contributed by atoms with Gasteiger partial charge in [0.2, 0.25) is 0 Å². The van der Waals surface area contributed by atoms with Crippen LogP contribution in [0.4, 0.5) is 0 Å². The maximum Gasteiger partial charge on any atom is 0.166 e. The van der Waals surface area contributed by atoms with Gasteiger partial charge in [-0.15, -0.1) is 0 Å². The van der Waals surface area contributed by atoms with E-state index in [-0.39, 0.29) is 17.1 Å². The zero-order valence-corrected chi connectivity index (χ0v) is 10.3. The van der Waals surface area contributed by atoms with Gasteiger partial charge in [-0.05, 0) is 18.4 Å². The molecule has 0 saturated heterocycles. The van der Waals surface area contributed by atoms with Crippen LogP contribution in [-0.2, 0) is 0 Å². The van der Waals surface area contributed by atoms with Crippen LogP contribution in [0.2, 0.25) is 0 Å². The van der Waals surface area contributed by atoms with Gasteiger partial charge >= 0.3 is 0 Å². The van der Waals surface area contributed by atoms with Gasteiger partial charge in [0, 0.05) is 11.5 Å². The average Bonchev–Trinajstić information content (AvgIpc) is 2.14. The van der Waals surface area contributed by atoms with E-state index in [2.05, 4.69) is 20.8 Å². The third-order valence-corrected chi connectivity index (χ3v) is 2.99. The Morgan fingerprint density at radius 2 is 1.87 bits per heavy atom. The Morgan fingerprint density at radius 1 is 1.27 bits per heavy atom. The van der Waals surface area contributed by atoms with Crippen molar-refractivity contribution in [2.24, 2.45) is 11.3 Å². The summed E-state index contributed by atoms with van der Waals surface area (Å²) in [6, 6.07) is 7.82. The molecule has 1 rings (SSSR count). The minimum atomic E-state index is 0.0286. The SMILES string of the molecule is Cc1cccc(C(=O)C(C)C(C)(C)C)c1. The molecule has 1 aromatic rings. The highest BCUT2D eigenvalue weighted by Gasteiger charge is 2.27. The van der Waals surface area contributed by atoms with E-state index in [4.69, 9.17) is 0 Å². The van der Waals surface area contributed by atoms with Crippen LogP contribution in [0.1, 0.15) is 43.6 Å². The standard InChI is InChI=1S/C14H20O/c1-10-7-6-8-12(9-10)13(15)11(2)14(3,4)5/h6-9,11H,1-5H3. The van der Waals surface area contributed by atoms with E-state index in [1.165, 1.54) is 0 Å². The number of aryl methyl sites for hydroxylation is 1. The van der Waals surface area contributed by atoms with E-state index in [1.54, 1.807) is 0 Å². The summed E-state index contributed by atoms with van der Waals surface area (Å²) in [4.78, 5) is 12.1. The van der Waals surface area contributed by atoms with Gasteiger partial charge in [0.25, 0.3) is 0 Å². The molecule has 82 valence electrons. The molecule has 0 aliphatic rings. The number of benzene rings is 1. The number of rotatable bonds is 2. The fourth-order valence-corrected chi connectivity index (χ4v) is 1.44. The van der Waals surface area contributed by atoms with Gasteiger partial charge in [0.15, 0.2) is 5.78 Å². The van der Waals surface area contributed by atoms with Gasteiger partial charge in [-0.25, -0.2) is 0 Å². The topological polar surface area (TPSA) is 17.1 Å². The summed E-state index contributed by atoms with van der Waals surface area (Å²) in [6.07, 6.45) is 0. The number of carbonyl (C=O) groups is 1. The first-order valence-corrected chi connectivity index (χ1v) is 5.43. The van der Waals surface area contributed by atoms with Crippen molar-refractivity contribution in [3.63, 3.8) is 0 Å². The normalized spacial score (nSPS) is 13.7. The lowest BCUT2D eigenvalue weighted by atomic mass is 9.77. The lowest BCUT2D eigenvalue weighted by molar-refractivity contribution is 0.0839. The molecule has 1 aromatic carbocycles. The molecule has 0 aliphatic heterocycles. The molecule has 0 spiro atoms. The molecular weight excluding hydrogens is 184 g/mol. The third-order valence-electron chi connectivity index (χ3n) is 2.99. The first-order valence-electron chi connectivity index (χ1n) is 5.43. The lowest BCUT2D eigenvalue weighted by Crippen LogP contribution is -2.25. The van der Waals surface area contributed by atoms with Crippen LogP contribution in [-0.4, -0.2) is 5.78 Å². The first kappa shape index (κ1) is 12.0. The Hall–Kier alpha value is -1.11. The van der Waals surface area contributed by atoms with Gasteiger partial charge in [0.1, 0.15) is 0 Å². The zero-order chi connectivity index (χ0) is 11.6. The number of Topliss-reactive ketones (excluding diaryl/α,β-unsaturated/α-hetero) is 1. The van der Waals surface area contributed by atoms with E-state index in [9.17, 15) is 4.79 Å². The molecule has 0 aromatic heterocycles. The Balaban J connectivity index is 2.95. The highest BCUT2D eigenvalue weighted by Crippen LogP contribution is 2.28. The second kappa shape index (κ2) is 4.18. The maximum atomic E-state index is 12.1. The molecule has 0 N–H and O–H groups in total. The fraction of sp³-hybridized carbons (Fsp3) is 0.500. The Kier molecular flexibility index (Phi) is 3.33. The monoisotopic (exact) mass is 204 g/mol. The molecule has 0 saturated carbocycles. The predicted octanol–water partition coefficient (Wildman–Crippen LogP) is 3.86. The van der Waals surface area contributed by atoms with Crippen molar-refractivity contribution >= 4 is 5.78 Å². The molecular formula is C14H20O. The molecule has 1 nitrogen and oxygen atoms in total. The molecule has 0 fully saturated rings. The highest BCUT2D eigenvalue weighted by molar-refractivity contribution is 5.98. The van der Waals surface area contributed by atoms with Gasteiger partial charge in [-0.2, -0.15) is 0 Å². The van der Waals surface area contributed by atoms with E-state index in [0.29, 0.717) is 0 Å². The second-order valence-corrected chi connectivity index (χ2v) is 5.32. The van der Waals surface area contributed by atoms with Crippen LogP contribution >= 0.6 is 0 Å². The molecule has 0 amide bonds. The number of hydrogen-bond donors (Lipinski definition) is 0. The van der Waals surface area contributed by atoms with Crippen molar-refractivity contribution in [2.75, 3.05) is 0 Å². The van der Waals surface area contributed by atoms with Gasteiger partial charge in [-0.3, -0.25) is 4.79 Å². The smallest absolute Gasteiger partial charge is 0.166 e. The number of carbonyl (C=O) groups excluding carboxylic acids is 1. The molecule has 0 aliphatic carbocycles. The van der Waals surface area contributed by atoms with Crippen LogP contribution in [0.15, 0.2) is 24.3 Å². The van der Waals surface area contributed by atoms with Crippen LogP contribution in [0.3, 0.4) is 0 Å². The molecule has 0 heterocycles. The Morgan fingerprint density at radius 3 is 2.33 bits per heavy atom. The van der Waals surface area contributed by atoms with Gasteiger partial charge in [0.05, 0.1) is 0 Å². The minimum absolute atomic E-state index is 0.0286. The quantitative estimate of drug-likeness (QED) is 0.668. The Bertz CT molecular complexity index is 358. The van der Waals surface area contributed by atoms with Crippen molar-refractivity contribution < 1.29 is 4.79 Å². The first-order chi connectivity index (χ1) is 6.82.